The van der Waals surface area contributed by atoms with Gasteiger partial charge in [-0.3, -0.25) is 19.3 Å². The second-order valence-corrected chi connectivity index (χ2v) is 10.2. The minimum atomic E-state index is -0.553. The Bertz CT molecular complexity index is 1300. The SMILES string of the molecule is CCOC(=O)COc1c(Cl)cc(/C=C2/SC(=O)N(CC(=O)N3CCN(c4ccccc4)CC3)C2=O)cc1OCC. The van der Waals surface area contributed by atoms with Gasteiger partial charge in [0.05, 0.1) is 23.1 Å². The van der Waals surface area contributed by atoms with Crippen LogP contribution < -0.4 is 14.4 Å². The summed E-state index contributed by atoms with van der Waals surface area (Å²) >= 11 is 7.16. The predicted octanol–water partition coefficient (Wildman–Crippen LogP) is 4.07. The number of nitrogens with zero attached hydrogens (tertiary/aromatic N) is 3. The Balaban J connectivity index is 1.41. The fourth-order valence-corrected chi connectivity index (χ4v) is 5.40. The summed E-state index contributed by atoms with van der Waals surface area (Å²) in [6.07, 6.45) is 1.51. The van der Waals surface area contributed by atoms with E-state index >= 15 is 0 Å². The lowest BCUT2D eigenvalue weighted by atomic mass is 10.1. The average Bonchev–Trinajstić information content (AvgIpc) is 3.20. The molecule has 0 saturated carbocycles. The smallest absolute Gasteiger partial charge is 0.344 e. The molecule has 0 N–H and O–H groups in total. The number of hydrogen-bond donors (Lipinski definition) is 0. The van der Waals surface area contributed by atoms with Crippen molar-refractivity contribution < 1.29 is 33.4 Å². The first-order chi connectivity index (χ1) is 19.3. The molecular weight excluding hydrogens is 558 g/mol. The molecule has 0 bridgehead atoms. The monoisotopic (exact) mass is 587 g/mol. The number of thioether (sulfide) groups is 1. The summed E-state index contributed by atoms with van der Waals surface area (Å²) in [5.74, 6) is -0.940. The standard InChI is InChI=1S/C28H30ClN3O7S/c1-3-37-22-15-19(14-21(29)26(22)39-18-25(34)38-4-2)16-23-27(35)32(28(36)40-23)17-24(33)31-12-10-30(11-13-31)20-8-6-5-7-9-20/h5-9,14-16H,3-4,10-13,17-18H2,1-2H3/b23-16+. The first-order valence-corrected chi connectivity index (χ1v) is 14.1. The third-order valence-electron chi connectivity index (χ3n) is 6.19. The molecule has 212 valence electrons. The number of piperazine rings is 1. The fourth-order valence-electron chi connectivity index (χ4n) is 4.28. The maximum Gasteiger partial charge on any atom is 0.344 e. The highest BCUT2D eigenvalue weighted by molar-refractivity contribution is 8.18. The molecule has 0 unspecified atom stereocenters. The van der Waals surface area contributed by atoms with Crippen molar-refractivity contribution in [3.63, 3.8) is 0 Å². The molecule has 2 saturated heterocycles. The molecular formula is C28H30ClN3O7S. The summed E-state index contributed by atoms with van der Waals surface area (Å²) in [5.41, 5.74) is 1.59. The van der Waals surface area contributed by atoms with E-state index in [1.807, 2.05) is 30.3 Å². The average molecular weight is 588 g/mol. The molecule has 3 amide bonds. The zero-order chi connectivity index (χ0) is 28.6. The first kappa shape index (κ1) is 29.3. The molecule has 40 heavy (non-hydrogen) atoms. The van der Waals surface area contributed by atoms with Crippen molar-refractivity contribution in [1.82, 2.24) is 9.80 Å². The zero-order valence-electron chi connectivity index (χ0n) is 22.3. The predicted molar refractivity (Wildman–Crippen MR) is 153 cm³/mol. The van der Waals surface area contributed by atoms with Gasteiger partial charge in [-0.05, 0) is 61.5 Å². The molecule has 0 spiro atoms. The van der Waals surface area contributed by atoms with E-state index in [1.54, 1.807) is 24.8 Å². The molecule has 2 aromatic rings. The Hall–Kier alpha value is -3.70. The Kier molecular flexibility index (Phi) is 9.94. The van der Waals surface area contributed by atoms with Crippen molar-refractivity contribution >= 4 is 58.1 Å². The molecule has 0 radical (unpaired) electrons. The topological polar surface area (TPSA) is 106 Å². The van der Waals surface area contributed by atoms with Crippen LogP contribution in [0.25, 0.3) is 6.08 Å². The molecule has 2 aliphatic heterocycles. The number of anilines is 1. The normalized spacial score (nSPS) is 16.5. The molecule has 2 aliphatic rings. The Morgan fingerprint density at radius 2 is 1.73 bits per heavy atom. The molecule has 10 nitrogen and oxygen atoms in total. The van der Waals surface area contributed by atoms with Gasteiger partial charge in [0.1, 0.15) is 6.54 Å². The Labute approximate surface area is 241 Å². The first-order valence-electron chi connectivity index (χ1n) is 12.9. The Morgan fingerprint density at radius 1 is 1.00 bits per heavy atom. The van der Waals surface area contributed by atoms with E-state index in [4.69, 9.17) is 25.8 Å². The summed E-state index contributed by atoms with van der Waals surface area (Å²) in [4.78, 5) is 55.4. The molecule has 0 aromatic heterocycles. The number of rotatable bonds is 10. The lowest BCUT2D eigenvalue weighted by molar-refractivity contribution is -0.145. The van der Waals surface area contributed by atoms with E-state index in [0.29, 0.717) is 38.3 Å². The highest BCUT2D eigenvalue weighted by atomic mass is 35.5. The van der Waals surface area contributed by atoms with Crippen LogP contribution in [0, 0.1) is 0 Å². The lowest BCUT2D eigenvalue weighted by Crippen LogP contribution is -2.51. The number of carbonyl (C=O) groups is 4. The highest BCUT2D eigenvalue weighted by Crippen LogP contribution is 2.39. The number of carbonyl (C=O) groups excluding carboxylic acids is 4. The van der Waals surface area contributed by atoms with Crippen LogP contribution >= 0.6 is 23.4 Å². The van der Waals surface area contributed by atoms with Crippen molar-refractivity contribution in [2.45, 2.75) is 13.8 Å². The molecule has 0 aliphatic carbocycles. The van der Waals surface area contributed by atoms with Crippen LogP contribution in [-0.2, 0) is 19.1 Å². The number of para-hydroxylation sites is 1. The van der Waals surface area contributed by atoms with Crippen LogP contribution in [0.3, 0.4) is 0 Å². The van der Waals surface area contributed by atoms with Gasteiger partial charge in [-0.25, -0.2) is 4.79 Å². The number of amides is 3. The molecule has 12 heteroatoms. The molecule has 4 rings (SSSR count). The van der Waals surface area contributed by atoms with Gasteiger partial charge >= 0.3 is 5.97 Å². The number of halogens is 1. The van der Waals surface area contributed by atoms with Crippen LogP contribution in [0.1, 0.15) is 19.4 Å². The van der Waals surface area contributed by atoms with Gasteiger partial charge in [-0.1, -0.05) is 29.8 Å². The number of hydrogen-bond acceptors (Lipinski definition) is 9. The van der Waals surface area contributed by atoms with E-state index in [-0.39, 0.29) is 47.1 Å². The summed E-state index contributed by atoms with van der Waals surface area (Å²) in [6, 6.07) is 13.1. The highest BCUT2D eigenvalue weighted by Gasteiger charge is 2.37. The molecule has 2 heterocycles. The van der Waals surface area contributed by atoms with Crippen molar-refractivity contribution in [3.8, 4) is 11.5 Å². The summed E-state index contributed by atoms with van der Waals surface area (Å²) in [7, 11) is 0. The van der Waals surface area contributed by atoms with E-state index in [0.717, 1.165) is 22.3 Å². The van der Waals surface area contributed by atoms with Crippen LogP contribution in [0.4, 0.5) is 10.5 Å². The molecule has 0 atom stereocenters. The molecule has 2 fully saturated rings. The minimum Gasteiger partial charge on any atom is -0.490 e. The summed E-state index contributed by atoms with van der Waals surface area (Å²) in [5, 5.41) is -0.358. The maximum absolute atomic E-state index is 13.1. The Morgan fingerprint density at radius 3 is 2.40 bits per heavy atom. The summed E-state index contributed by atoms with van der Waals surface area (Å²) in [6.45, 7) is 5.66. The number of esters is 1. The summed E-state index contributed by atoms with van der Waals surface area (Å²) < 4.78 is 16.0. The number of benzene rings is 2. The van der Waals surface area contributed by atoms with Crippen molar-refractivity contribution in [1.29, 1.82) is 0 Å². The van der Waals surface area contributed by atoms with E-state index in [1.165, 1.54) is 12.1 Å². The van der Waals surface area contributed by atoms with Gasteiger partial charge in [0, 0.05) is 31.9 Å². The van der Waals surface area contributed by atoms with Gasteiger partial charge in [0.25, 0.3) is 11.1 Å². The van der Waals surface area contributed by atoms with Gasteiger partial charge in [-0.2, -0.15) is 0 Å². The quantitative estimate of drug-likeness (QED) is 0.300. The fraction of sp³-hybridized carbons (Fsp3) is 0.357. The van der Waals surface area contributed by atoms with E-state index in [9.17, 15) is 19.2 Å². The van der Waals surface area contributed by atoms with Crippen molar-refractivity contribution in [2.24, 2.45) is 0 Å². The van der Waals surface area contributed by atoms with Gasteiger partial charge < -0.3 is 24.0 Å². The third kappa shape index (κ3) is 7.08. The van der Waals surface area contributed by atoms with Crippen LogP contribution in [0.15, 0.2) is 47.4 Å². The van der Waals surface area contributed by atoms with E-state index in [2.05, 4.69) is 4.90 Å². The number of imide groups is 1. The minimum absolute atomic E-state index is 0.158. The zero-order valence-corrected chi connectivity index (χ0v) is 23.8. The van der Waals surface area contributed by atoms with Crippen LogP contribution in [-0.4, -0.2) is 85.4 Å². The van der Waals surface area contributed by atoms with Crippen molar-refractivity contribution in [2.75, 3.05) is 57.4 Å². The third-order valence-corrected chi connectivity index (χ3v) is 7.38. The van der Waals surface area contributed by atoms with Crippen LogP contribution in [0.5, 0.6) is 11.5 Å². The largest absolute Gasteiger partial charge is 0.490 e. The van der Waals surface area contributed by atoms with Gasteiger partial charge in [0.2, 0.25) is 5.91 Å². The van der Waals surface area contributed by atoms with E-state index < -0.39 is 17.1 Å². The van der Waals surface area contributed by atoms with Crippen LogP contribution in [0.2, 0.25) is 5.02 Å². The second-order valence-electron chi connectivity index (χ2n) is 8.83. The number of ether oxygens (including phenoxy) is 3. The van der Waals surface area contributed by atoms with Gasteiger partial charge in [-0.15, -0.1) is 0 Å². The molecule has 2 aromatic carbocycles. The van der Waals surface area contributed by atoms with Gasteiger partial charge in [0.15, 0.2) is 18.1 Å². The lowest BCUT2D eigenvalue weighted by Gasteiger charge is -2.36. The second kappa shape index (κ2) is 13.6. The van der Waals surface area contributed by atoms with Crippen molar-refractivity contribution in [3.05, 3.63) is 58.0 Å². The maximum atomic E-state index is 13.1.